The highest BCUT2D eigenvalue weighted by Crippen LogP contribution is 2.32. The third-order valence-electron chi connectivity index (χ3n) is 4.30. The van der Waals surface area contributed by atoms with Gasteiger partial charge in [-0.2, -0.15) is 0 Å². The topological polar surface area (TPSA) is 72.7 Å². The van der Waals surface area contributed by atoms with Crippen LogP contribution in [-0.4, -0.2) is 28.8 Å². The Kier molecular flexibility index (Phi) is 5.28. The Morgan fingerprint density at radius 2 is 1.64 bits per heavy atom. The molecule has 1 saturated heterocycles. The van der Waals surface area contributed by atoms with Crippen molar-refractivity contribution < 1.29 is 14.5 Å². The summed E-state index contributed by atoms with van der Waals surface area (Å²) in [5, 5.41) is 11.1. The quantitative estimate of drug-likeness (QED) is 0.610. The zero-order valence-corrected chi connectivity index (χ0v) is 13.9. The monoisotopic (exact) mass is 340 g/mol. The second kappa shape index (κ2) is 7.79. The lowest BCUT2D eigenvalue weighted by Crippen LogP contribution is -2.36. The van der Waals surface area contributed by atoms with Gasteiger partial charge in [0.05, 0.1) is 11.3 Å². The van der Waals surface area contributed by atoms with Crippen molar-refractivity contribution in [3.8, 4) is 11.5 Å². The first-order valence-electron chi connectivity index (χ1n) is 8.42. The molecule has 6 nitrogen and oxygen atoms in total. The van der Waals surface area contributed by atoms with Crippen LogP contribution in [0.25, 0.3) is 0 Å². The van der Waals surface area contributed by atoms with Crippen LogP contribution < -0.4 is 4.74 Å². The first kappa shape index (κ1) is 17.0. The molecule has 0 spiro atoms. The van der Waals surface area contributed by atoms with Gasteiger partial charge in [0.25, 0.3) is 0 Å². The minimum absolute atomic E-state index is 0.0679. The van der Waals surface area contributed by atoms with Gasteiger partial charge in [0.2, 0.25) is 11.7 Å². The number of benzene rings is 2. The standard InChI is InChI=1S/C19H20N2O4/c22-19(20-12-6-1-7-13-20)14-15-8-2-4-10-17(15)25-18-11-5-3-9-16(18)21(23)24/h2-5,8-11H,1,6-7,12-14H2. The average Bonchev–Trinajstić information content (AvgIpc) is 2.64. The summed E-state index contributed by atoms with van der Waals surface area (Å²) in [7, 11) is 0. The lowest BCUT2D eigenvalue weighted by molar-refractivity contribution is -0.385. The number of carbonyl (C=O) groups is 1. The molecular weight excluding hydrogens is 320 g/mol. The predicted molar refractivity (Wildman–Crippen MR) is 93.7 cm³/mol. The van der Waals surface area contributed by atoms with Crippen molar-refractivity contribution >= 4 is 11.6 Å². The van der Waals surface area contributed by atoms with Crippen LogP contribution in [0.4, 0.5) is 5.69 Å². The second-order valence-electron chi connectivity index (χ2n) is 6.05. The van der Waals surface area contributed by atoms with Crippen LogP contribution in [0.1, 0.15) is 24.8 Å². The van der Waals surface area contributed by atoms with E-state index >= 15 is 0 Å². The van der Waals surface area contributed by atoms with Gasteiger partial charge in [-0.3, -0.25) is 14.9 Å². The van der Waals surface area contributed by atoms with E-state index in [1.807, 2.05) is 17.0 Å². The molecule has 0 unspecified atom stereocenters. The van der Waals surface area contributed by atoms with E-state index in [-0.39, 0.29) is 23.8 Å². The Morgan fingerprint density at radius 3 is 2.36 bits per heavy atom. The fourth-order valence-corrected chi connectivity index (χ4v) is 2.98. The molecule has 0 bridgehead atoms. The van der Waals surface area contributed by atoms with Gasteiger partial charge in [-0.1, -0.05) is 30.3 Å². The first-order valence-corrected chi connectivity index (χ1v) is 8.42. The van der Waals surface area contributed by atoms with Gasteiger partial charge in [0, 0.05) is 24.7 Å². The number of nitro benzene ring substituents is 1. The molecule has 0 saturated carbocycles. The average molecular weight is 340 g/mol. The normalized spacial score (nSPS) is 14.2. The highest BCUT2D eigenvalue weighted by atomic mass is 16.6. The number of likely N-dealkylation sites (tertiary alicyclic amines) is 1. The number of nitrogens with zero attached hydrogens (tertiary/aromatic N) is 2. The molecule has 25 heavy (non-hydrogen) atoms. The van der Waals surface area contributed by atoms with Gasteiger partial charge in [0.15, 0.2) is 0 Å². The summed E-state index contributed by atoms with van der Waals surface area (Å²) in [4.78, 5) is 25.1. The van der Waals surface area contributed by atoms with Gasteiger partial charge in [0.1, 0.15) is 5.75 Å². The summed E-state index contributed by atoms with van der Waals surface area (Å²) in [6.45, 7) is 1.60. The minimum Gasteiger partial charge on any atom is -0.450 e. The number of rotatable bonds is 5. The molecule has 1 heterocycles. The Balaban J connectivity index is 1.79. The molecule has 0 aliphatic carbocycles. The number of carbonyl (C=O) groups excluding carboxylic acids is 1. The number of nitro groups is 1. The Hall–Kier alpha value is -2.89. The van der Waals surface area contributed by atoms with Gasteiger partial charge in [-0.25, -0.2) is 0 Å². The molecule has 1 amide bonds. The number of hydrogen-bond acceptors (Lipinski definition) is 4. The molecule has 2 aromatic carbocycles. The molecule has 6 heteroatoms. The van der Waals surface area contributed by atoms with Gasteiger partial charge < -0.3 is 9.64 Å². The SMILES string of the molecule is O=C(Cc1ccccc1Oc1ccccc1[N+](=O)[O-])N1CCCCC1. The van der Waals surface area contributed by atoms with Crippen molar-refractivity contribution in [2.24, 2.45) is 0 Å². The number of hydrogen-bond donors (Lipinski definition) is 0. The second-order valence-corrected chi connectivity index (χ2v) is 6.05. The van der Waals surface area contributed by atoms with Crippen molar-refractivity contribution in [3.05, 3.63) is 64.2 Å². The molecule has 1 fully saturated rings. The van der Waals surface area contributed by atoms with Crippen LogP contribution >= 0.6 is 0 Å². The van der Waals surface area contributed by atoms with Crippen LogP contribution in [0.15, 0.2) is 48.5 Å². The van der Waals surface area contributed by atoms with Crippen LogP contribution in [0.2, 0.25) is 0 Å². The fourth-order valence-electron chi connectivity index (χ4n) is 2.98. The Bertz CT molecular complexity index is 770. The van der Waals surface area contributed by atoms with Crippen molar-refractivity contribution in [1.82, 2.24) is 4.90 Å². The Morgan fingerprint density at radius 1 is 1.00 bits per heavy atom. The molecule has 0 radical (unpaired) electrons. The molecule has 3 rings (SSSR count). The van der Waals surface area contributed by atoms with E-state index in [2.05, 4.69) is 0 Å². The van der Waals surface area contributed by atoms with E-state index in [9.17, 15) is 14.9 Å². The maximum Gasteiger partial charge on any atom is 0.311 e. The summed E-state index contributed by atoms with van der Waals surface area (Å²) in [6, 6.07) is 13.4. The third-order valence-corrected chi connectivity index (χ3v) is 4.30. The largest absolute Gasteiger partial charge is 0.450 e. The highest BCUT2D eigenvalue weighted by molar-refractivity contribution is 5.79. The van der Waals surface area contributed by atoms with E-state index in [4.69, 9.17) is 4.74 Å². The summed E-state index contributed by atoms with van der Waals surface area (Å²) in [6.07, 6.45) is 3.48. The first-order chi connectivity index (χ1) is 12.1. The van der Waals surface area contributed by atoms with Crippen LogP contribution in [0.5, 0.6) is 11.5 Å². The van der Waals surface area contributed by atoms with E-state index in [0.29, 0.717) is 5.75 Å². The fraction of sp³-hybridized carbons (Fsp3) is 0.316. The lowest BCUT2D eigenvalue weighted by atomic mass is 10.1. The molecule has 0 atom stereocenters. The van der Waals surface area contributed by atoms with Crippen molar-refractivity contribution in [3.63, 3.8) is 0 Å². The summed E-state index contributed by atoms with van der Waals surface area (Å²) in [5.41, 5.74) is 0.635. The Labute approximate surface area is 146 Å². The van der Waals surface area contributed by atoms with Gasteiger partial charge in [-0.05, 0) is 31.4 Å². The van der Waals surface area contributed by atoms with E-state index in [1.165, 1.54) is 12.5 Å². The van der Waals surface area contributed by atoms with Crippen molar-refractivity contribution in [2.75, 3.05) is 13.1 Å². The number of piperidine rings is 1. The number of ether oxygens (including phenoxy) is 1. The van der Waals surface area contributed by atoms with E-state index in [0.717, 1.165) is 31.5 Å². The smallest absolute Gasteiger partial charge is 0.311 e. The number of amides is 1. The zero-order chi connectivity index (χ0) is 17.6. The minimum atomic E-state index is -0.475. The molecule has 1 aliphatic heterocycles. The summed E-state index contributed by atoms with van der Waals surface area (Å²) in [5.74, 6) is 0.714. The maximum atomic E-state index is 12.5. The highest BCUT2D eigenvalue weighted by Gasteiger charge is 2.20. The van der Waals surface area contributed by atoms with Crippen molar-refractivity contribution in [2.45, 2.75) is 25.7 Å². The van der Waals surface area contributed by atoms with Crippen LogP contribution in [-0.2, 0) is 11.2 Å². The molecule has 2 aromatic rings. The zero-order valence-electron chi connectivity index (χ0n) is 13.9. The molecule has 130 valence electrons. The predicted octanol–water partition coefficient (Wildman–Crippen LogP) is 3.94. The van der Waals surface area contributed by atoms with Crippen LogP contribution in [0.3, 0.4) is 0 Å². The molecule has 0 aromatic heterocycles. The third kappa shape index (κ3) is 4.15. The number of para-hydroxylation sites is 3. The molecule has 0 N–H and O–H groups in total. The molecular formula is C19H20N2O4. The van der Waals surface area contributed by atoms with Crippen LogP contribution in [0, 0.1) is 10.1 Å². The van der Waals surface area contributed by atoms with Gasteiger partial charge >= 0.3 is 5.69 Å². The van der Waals surface area contributed by atoms with E-state index in [1.54, 1.807) is 30.3 Å². The maximum absolute atomic E-state index is 12.5. The van der Waals surface area contributed by atoms with Gasteiger partial charge in [-0.15, -0.1) is 0 Å². The van der Waals surface area contributed by atoms with Crippen molar-refractivity contribution in [1.29, 1.82) is 0 Å². The van der Waals surface area contributed by atoms with E-state index < -0.39 is 4.92 Å². The summed E-state index contributed by atoms with van der Waals surface area (Å²) < 4.78 is 5.78. The molecule has 1 aliphatic rings. The lowest BCUT2D eigenvalue weighted by Gasteiger charge is -2.27. The summed E-state index contributed by atoms with van der Waals surface area (Å²) >= 11 is 0.